The molecule has 0 amide bonds. The first-order chi connectivity index (χ1) is 8.19. The van der Waals surface area contributed by atoms with Crippen LogP contribution in [0.15, 0.2) is 36.5 Å². The minimum Gasteiger partial charge on any atom is -0.457 e. The smallest absolute Gasteiger partial charge is 0.144 e. The molecule has 4 heteroatoms. The topological polar surface area (TPSA) is 71.9 Å². The summed E-state index contributed by atoms with van der Waals surface area (Å²) in [5.74, 6) is 1.30. The lowest BCUT2D eigenvalue weighted by molar-refractivity contribution is 0.478. The standard InChI is InChI=1S/C13H11N3O/c1-9-6-10(15)2-3-13(9)17-12-4-5-16-11(7-12)8-14/h2-7H,15H2,1H3. The van der Waals surface area contributed by atoms with Gasteiger partial charge in [-0.25, -0.2) is 4.98 Å². The second-order valence-corrected chi connectivity index (χ2v) is 3.62. The Kier molecular flexibility index (Phi) is 2.93. The molecule has 17 heavy (non-hydrogen) atoms. The monoisotopic (exact) mass is 225 g/mol. The van der Waals surface area contributed by atoms with E-state index in [0.717, 1.165) is 5.56 Å². The Hall–Kier alpha value is -2.54. The van der Waals surface area contributed by atoms with E-state index < -0.39 is 0 Å². The van der Waals surface area contributed by atoms with Crippen LogP contribution in [-0.2, 0) is 0 Å². The van der Waals surface area contributed by atoms with Crippen LogP contribution >= 0.6 is 0 Å². The summed E-state index contributed by atoms with van der Waals surface area (Å²) >= 11 is 0. The number of nitrogens with two attached hydrogens (primary N) is 1. The maximum Gasteiger partial charge on any atom is 0.144 e. The van der Waals surface area contributed by atoms with Crippen molar-refractivity contribution < 1.29 is 4.74 Å². The maximum absolute atomic E-state index is 8.73. The van der Waals surface area contributed by atoms with Crippen LogP contribution in [0.4, 0.5) is 5.69 Å². The molecule has 2 aromatic rings. The van der Waals surface area contributed by atoms with Crippen LogP contribution in [-0.4, -0.2) is 4.98 Å². The molecule has 0 spiro atoms. The summed E-state index contributed by atoms with van der Waals surface area (Å²) in [4.78, 5) is 3.87. The van der Waals surface area contributed by atoms with E-state index in [2.05, 4.69) is 4.98 Å². The highest BCUT2D eigenvalue weighted by molar-refractivity contribution is 5.48. The minimum absolute atomic E-state index is 0.329. The maximum atomic E-state index is 8.73. The van der Waals surface area contributed by atoms with Gasteiger partial charge in [0.25, 0.3) is 0 Å². The Morgan fingerprint density at radius 3 is 2.82 bits per heavy atom. The van der Waals surface area contributed by atoms with E-state index in [1.807, 2.05) is 19.1 Å². The van der Waals surface area contributed by atoms with Crippen molar-refractivity contribution in [3.8, 4) is 17.6 Å². The summed E-state index contributed by atoms with van der Waals surface area (Å²) in [5.41, 5.74) is 7.63. The zero-order chi connectivity index (χ0) is 12.3. The molecule has 1 aromatic carbocycles. The number of hydrogen-bond acceptors (Lipinski definition) is 4. The summed E-state index contributed by atoms with van der Waals surface area (Å²) in [6, 6.07) is 10.7. The molecule has 0 atom stereocenters. The summed E-state index contributed by atoms with van der Waals surface area (Å²) < 4.78 is 5.66. The molecule has 1 heterocycles. The Morgan fingerprint density at radius 2 is 2.12 bits per heavy atom. The van der Waals surface area contributed by atoms with Gasteiger partial charge in [0.05, 0.1) is 0 Å². The van der Waals surface area contributed by atoms with Crippen molar-refractivity contribution >= 4 is 5.69 Å². The molecule has 0 saturated carbocycles. The molecule has 0 bridgehead atoms. The van der Waals surface area contributed by atoms with Gasteiger partial charge in [0.2, 0.25) is 0 Å². The van der Waals surface area contributed by atoms with Crippen LogP contribution in [0, 0.1) is 18.3 Å². The zero-order valence-corrected chi connectivity index (χ0v) is 9.34. The van der Waals surface area contributed by atoms with Gasteiger partial charge in [-0.1, -0.05) is 0 Å². The number of anilines is 1. The molecule has 0 fully saturated rings. The lowest BCUT2D eigenvalue weighted by atomic mass is 10.2. The van der Waals surface area contributed by atoms with Gasteiger partial charge >= 0.3 is 0 Å². The van der Waals surface area contributed by atoms with Gasteiger partial charge in [-0.15, -0.1) is 0 Å². The number of aromatic nitrogens is 1. The molecule has 0 saturated heterocycles. The second-order valence-electron chi connectivity index (χ2n) is 3.62. The molecule has 0 aliphatic heterocycles. The van der Waals surface area contributed by atoms with Gasteiger partial charge in [-0.2, -0.15) is 5.26 Å². The van der Waals surface area contributed by atoms with Crippen molar-refractivity contribution in [2.24, 2.45) is 0 Å². The molecule has 0 unspecified atom stereocenters. The van der Waals surface area contributed by atoms with Crippen molar-refractivity contribution in [1.29, 1.82) is 5.26 Å². The molecular formula is C13H11N3O. The first-order valence-corrected chi connectivity index (χ1v) is 5.09. The van der Waals surface area contributed by atoms with Crippen LogP contribution < -0.4 is 10.5 Å². The Morgan fingerprint density at radius 1 is 1.29 bits per heavy atom. The summed E-state index contributed by atoms with van der Waals surface area (Å²) in [6.07, 6.45) is 1.54. The number of pyridine rings is 1. The van der Waals surface area contributed by atoms with Crippen LogP contribution in [0.5, 0.6) is 11.5 Å². The van der Waals surface area contributed by atoms with E-state index >= 15 is 0 Å². The fraction of sp³-hybridized carbons (Fsp3) is 0.0769. The number of nitrogen functional groups attached to an aromatic ring is 1. The van der Waals surface area contributed by atoms with Crippen LogP contribution in [0.2, 0.25) is 0 Å². The van der Waals surface area contributed by atoms with E-state index in [-0.39, 0.29) is 0 Å². The Labute approximate surface area is 99.3 Å². The first kappa shape index (κ1) is 11.0. The predicted molar refractivity (Wildman–Crippen MR) is 64.6 cm³/mol. The number of nitriles is 1. The molecule has 0 radical (unpaired) electrons. The fourth-order valence-electron chi connectivity index (χ4n) is 1.45. The summed E-state index contributed by atoms with van der Waals surface area (Å²) in [5, 5.41) is 8.73. The number of hydrogen-bond donors (Lipinski definition) is 1. The second kappa shape index (κ2) is 4.54. The Balaban J connectivity index is 2.28. The van der Waals surface area contributed by atoms with Gasteiger partial charge in [-0.05, 0) is 36.8 Å². The molecule has 4 nitrogen and oxygen atoms in total. The SMILES string of the molecule is Cc1cc(N)ccc1Oc1ccnc(C#N)c1. The number of aryl methyl sites for hydroxylation is 1. The van der Waals surface area contributed by atoms with Crippen molar-refractivity contribution in [1.82, 2.24) is 4.98 Å². The van der Waals surface area contributed by atoms with Gasteiger partial charge in [0.15, 0.2) is 0 Å². The molecule has 1 aromatic heterocycles. The zero-order valence-electron chi connectivity index (χ0n) is 9.34. The van der Waals surface area contributed by atoms with E-state index in [1.54, 1.807) is 30.5 Å². The minimum atomic E-state index is 0.329. The first-order valence-electron chi connectivity index (χ1n) is 5.09. The van der Waals surface area contributed by atoms with Crippen LogP contribution in [0.1, 0.15) is 11.3 Å². The van der Waals surface area contributed by atoms with E-state index in [9.17, 15) is 0 Å². The van der Waals surface area contributed by atoms with Crippen molar-refractivity contribution in [2.75, 3.05) is 5.73 Å². The third kappa shape index (κ3) is 2.52. The lowest BCUT2D eigenvalue weighted by Gasteiger charge is -2.08. The largest absolute Gasteiger partial charge is 0.457 e. The van der Waals surface area contributed by atoms with Crippen LogP contribution in [0.3, 0.4) is 0 Å². The van der Waals surface area contributed by atoms with Crippen molar-refractivity contribution in [2.45, 2.75) is 6.92 Å². The Bertz CT molecular complexity index is 587. The number of rotatable bonds is 2. The number of nitrogens with zero attached hydrogens (tertiary/aromatic N) is 2. The van der Waals surface area contributed by atoms with Crippen molar-refractivity contribution in [3.05, 3.63) is 47.8 Å². The normalized spacial score (nSPS) is 9.65. The molecule has 84 valence electrons. The van der Waals surface area contributed by atoms with Gasteiger partial charge in [-0.3, -0.25) is 0 Å². The number of benzene rings is 1. The highest BCUT2D eigenvalue weighted by Crippen LogP contribution is 2.26. The van der Waals surface area contributed by atoms with Gasteiger partial charge in [0.1, 0.15) is 23.3 Å². The summed E-state index contributed by atoms with van der Waals surface area (Å²) in [7, 11) is 0. The summed E-state index contributed by atoms with van der Waals surface area (Å²) in [6.45, 7) is 1.91. The van der Waals surface area contributed by atoms with Crippen molar-refractivity contribution in [3.63, 3.8) is 0 Å². The fourth-order valence-corrected chi connectivity index (χ4v) is 1.45. The van der Waals surface area contributed by atoms with Crippen LogP contribution in [0.25, 0.3) is 0 Å². The van der Waals surface area contributed by atoms with E-state index in [4.69, 9.17) is 15.7 Å². The third-order valence-electron chi connectivity index (χ3n) is 2.27. The number of ether oxygens (including phenoxy) is 1. The molecule has 0 aliphatic rings. The van der Waals surface area contributed by atoms with E-state index in [1.165, 1.54) is 0 Å². The lowest BCUT2D eigenvalue weighted by Crippen LogP contribution is -1.91. The van der Waals surface area contributed by atoms with E-state index in [0.29, 0.717) is 22.9 Å². The predicted octanol–water partition coefficient (Wildman–Crippen LogP) is 2.64. The highest BCUT2D eigenvalue weighted by atomic mass is 16.5. The highest BCUT2D eigenvalue weighted by Gasteiger charge is 2.03. The molecule has 0 aliphatic carbocycles. The quantitative estimate of drug-likeness (QED) is 0.797. The van der Waals surface area contributed by atoms with Gasteiger partial charge in [0, 0.05) is 18.0 Å². The average molecular weight is 225 g/mol. The molecule has 2 rings (SSSR count). The molecular weight excluding hydrogens is 214 g/mol. The van der Waals surface area contributed by atoms with Gasteiger partial charge < -0.3 is 10.5 Å². The molecule has 2 N–H and O–H groups in total. The third-order valence-corrected chi connectivity index (χ3v) is 2.27. The average Bonchev–Trinajstić information content (AvgIpc) is 2.33.